The molecule has 1 heterocycles. The van der Waals surface area contributed by atoms with Crippen molar-refractivity contribution in [1.82, 2.24) is 10.2 Å². The van der Waals surface area contributed by atoms with Crippen molar-refractivity contribution in [1.29, 1.82) is 0 Å². The first-order valence-electron chi connectivity index (χ1n) is 12.8. The number of hydrogen-bond donors (Lipinski definition) is 1. The summed E-state index contributed by atoms with van der Waals surface area (Å²) in [6, 6.07) is 14.9. The Hall–Kier alpha value is -2.33. The number of alkyl halides is 3. The molecule has 0 bridgehead atoms. The van der Waals surface area contributed by atoms with Crippen molar-refractivity contribution in [2.45, 2.75) is 63.2 Å². The summed E-state index contributed by atoms with van der Waals surface area (Å²) in [4.78, 5) is 2.52. The molecule has 37 heavy (non-hydrogen) atoms. The maximum Gasteiger partial charge on any atom is 0.573 e. The minimum atomic E-state index is -4.74. The molecule has 0 aromatic heterocycles. The Bertz CT molecular complexity index is 929. The zero-order valence-corrected chi connectivity index (χ0v) is 21.9. The lowest BCUT2D eigenvalue weighted by Crippen LogP contribution is -2.48. The standard InChI is InChI=1S/C28H39F3N2O4/c1-34-20-24(35-2)12-7-8-16-33-17-9-13-25(27(33)21-10-5-4-6-11-21)32-19-22-18-23(37-28(29,30)31)14-15-26(22)36-3/h4-6,10-11,14-15,18,24-25,27,32H,7-9,12-13,16-17,19-20H2,1-3H3/t24?,25-,27-/m0/s1. The first-order chi connectivity index (χ1) is 17.8. The molecular weight excluding hydrogens is 485 g/mol. The van der Waals surface area contributed by atoms with Crippen molar-refractivity contribution in [3.8, 4) is 11.5 Å². The van der Waals surface area contributed by atoms with Crippen molar-refractivity contribution in [2.24, 2.45) is 0 Å². The van der Waals surface area contributed by atoms with Gasteiger partial charge in [-0.05, 0) is 69.0 Å². The van der Waals surface area contributed by atoms with E-state index in [-0.39, 0.29) is 23.9 Å². The number of methoxy groups -OCH3 is 3. The highest BCUT2D eigenvalue weighted by molar-refractivity contribution is 5.40. The van der Waals surface area contributed by atoms with Crippen molar-refractivity contribution < 1.29 is 32.1 Å². The van der Waals surface area contributed by atoms with Crippen LogP contribution < -0.4 is 14.8 Å². The van der Waals surface area contributed by atoms with Crippen LogP contribution in [0.3, 0.4) is 0 Å². The van der Waals surface area contributed by atoms with Crippen LogP contribution in [0.4, 0.5) is 13.2 Å². The van der Waals surface area contributed by atoms with Gasteiger partial charge in [0, 0.05) is 32.4 Å². The minimum Gasteiger partial charge on any atom is -0.496 e. The smallest absolute Gasteiger partial charge is 0.496 e. The quantitative estimate of drug-likeness (QED) is 0.319. The Balaban J connectivity index is 1.70. The van der Waals surface area contributed by atoms with Gasteiger partial charge in [0.1, 0.15) is 11.5 Å². The molecule has 3 atom stereocenters. The summed E-state index contributed by atoms with van der Waals surface area (Å²) in [6.45, 7) is 2.92. The van der Waals surface area contributed by atoms with Crippen molar-refractivity contribution in [3.05, 3.63) is 59.7 Å². The van der Waals surface area contributed by atoms with Gasteiger partial charge in [-0.3, -0.25) is 4.90 Å². The second kappa shape index (κ2) is 14.6. The van der Waals surface area contributed by atoms with Crippen molar-refractivity contribution in [3.63, 3.8) is 0 Å². The number of unbranched alkanes of at least 4 members (excludes halogenated alkanes) is 1. The number of benzene rings is 2. The monoisotopic (exact) mass is 524 g/mol. The Labute approximate surface area is 218 Å². The number of likely N-dealkylation sites (tertiary alicyclic amines) is 1. The number of nitrogens with zero attached hydrogens (tertiary/aromatic N) is 1. The molecule has 2 aromatic carbocycles. The molecule has 0 spiro atoms. The van der Waals surface area contributed by atoms with Gasteiger partial charge in [-0.25, -0.2) is 0 Å². The normalized spacial score (nSPS) is 19.5. The average Bonchev–Trinajstić information content (AvgIpc) is 2.89. The second-order valence-corrected chi connectivity index (χ2v) is 9.35. The van der Waals surface area contributed by atoms with Gasteiger partial charge in [-0.1, -0.05) is 30.3 Å². The van der Waals surface area contributed by atoms with Gasteiger partial charge in [0.25, 0.3) is 0 Å². The lowest BCUT2D eigenvalue weighted by Gasteiger charge is -2.42. The van der Waals surface area contributed by atoms with E-state index in [4.69, 9.17) is 14.2 Å². The van der Waals surface area contributed by atoms with Crippen LogP contribution in [0.5, 0.6) is 11.5 Å². The number of hydrogen-bond acceptors (Lipinski definition) is 6. The molecule has 1 fully saturated rings. The van der Waals surface area contributed by atoms with E-state index >= 15 is 0 Å². The van der Waals surface area contributed by atoms with Gasteiger partial charge >= 0.3 is 6.36 Å². The predicted octanol–water partition coefficient (Wildman–Crippen LogP) is 5.72. The van der Waals surface area contributed by atoms with Crippen molar-refractivity contribution in [2.75, 3.05) is 41.0 Å². The molecule has 1 N–H and O–H groups in total. The first-order valence-corrected chi connectivity index (χ1v) is 12.8. The van der Waals surface area contributed by atoms with Crippen LogP contribution in [0, 0.1) is 0 Å². The molecule has 1 unspecified atom stereocenters. The van der Waals surface area contributed by atoms with Crippen LogP contribution in [-0.2, 0) is 16.0 Å². The summed E-state index contributed by atoms with van der Waals surface area (Å²) in [5, 5.41) is 3.62. The van der Waals surface area contributed by atoms with Gasteiger partial charge in [0.15, 0.2) is 0 Å². The van der Waals surface area contributed by atoms with Crippen LogP contribution >= 0.6 is 0 Å². The molecule has 2 aromatic rings. The van der Waals surface area contributed by atoms with Crippen LogP contribution in [0.2, 0.25) is 0 Å². The van der Waals surface area contributed by atoms with Gasteiger partial charge in [0.05, 0.1) is 25.9 Å². The molecule has 0 aliphatic carbocycles. The highest BCUT2D eigenvalue weighted by atomic mass is 19.4. The van der Waals surface area contributed by atoms with E-state index < -0.39 is 6.36 Å². The molecule has 0 amide bonds. The van der Waals surface area contributed by atoms with Gasteiger partial charge in [-0.2, -0.15) is 0 Å². The molecule has 0 radical (unpaired) electrons. The highest BCUT2D eigenvalue weighted by Gasteiger charge is 2.33. The zero-order valence-electron chi connectivity index (χ0n) is 21.9. The van der Waals surface area contributed by atoms with Crippen LogP contribution in [0.1, 0.15) is 49.3 Å². The largest absolute Gasteiger partial charge is 0.573 e. The lowest BCUT2D eigenvalue weighted by molar-refractivity contribution is -0.274. The third-order valence-corrected chi connectivity index (χ3v) is 6.82. The van der Waals surface area contributed by atoms with Gasteiger partial charge in [-0.15, -0.1) is 13.2 Å². The van der Waals surface area contributed by atoms with Crippen LogP contribution in [-0.4, -0.2) is 64.4 Å². The average molecular weight is 525 g/mol. The van der Waals surface area contributed by atoms with Crippen LogP contribution in [0.25, 0.3) is 0 Å². The summed E-state index contributed by atoms with van der Waals surface area (Å²) in [6.07, 6.45) is 0.417. The number of piperidine rings is 1. The summed E-state index contributed by atoms with van der Waals surface area (Å²) in [5.41, 5.74) is 1.85. The number of ether oxygens (including phenoxy) is 4. The third kappa shape index (κ3) is 9.17. The molecule has 1 aliphatic rings. The SMILES string of the molecule is COCC(CCCCN1CCC[C@H](NCc2cc(OC(F)(F)F)ccc2OC)[C@@H]1c1ccccc1)OC. The molecule has 1 saturated heterocycles. The maximum absolute atomic E-state index is 12.8. The topological polar surface area (TPSA) is 52.2 Å². The van der Waals surface area contributed by atoms with E-state index in [0.717, 1.165) is 45.2 Å². The van der Waals surface area contributed by atoms with E-state index in [2.05, 4.69) is 27.1 Å². The fourth-order valence-electron chi connectivity index (χ4n) is 5.10. The summed E-state index contributed by atoms with van der Waals surface area (Å²) in [7, 11) is 4.92. The predicted molar refractivity (Wildman–Crippen MR) is 137 cm³/mol. The second-order valence-electron chi connectivity index (χ2n) is 9.35. The van der Waals surface area contributed by atoms with E-state index in [0.29, 0.717) is 24.5 Å². The number of nitrogens with one attached hydrogen (secondary N) is 1. The number of rotatable bonds is 14. The van der Waals surface area contributed by atoms with E-state index in [1.54, 1.807) is 14.2 Å². The Kier molecular flexibility index (Phi) is 11.5. The minimum absolute atomic E-state index is 0.109. The Morgan fingerprint density at radius 2 is 1.84 bits per heavy atom. The first kappa shape index (κ1) is 29.2. The number of halogens is 3. The molecule has 3 rings (SSSR count). The lowest BCUT2D eigenvalue weighted by atomic mass is 9.89. The Morgan fingerprint density at radius 3 is 2.51 bits per heavy atom. The fraction of sp³-hybridized carbons (Fsp3) is 0.571. The summed E-state index contributed by atoms with van der Waals surface area (Å²) in [5.74, 6) is 0.271. The third-order valence-electron chi connectivity index (χ3n) is 6.82. The molecule has 9 heteroatoms. The van der Waals surface area contributed by atoms with E-state index in [9.17, 15) is 13.2 Å². The highest BCUT2D eigenvalue weighted by Crippen LogP contribution is 2.33. The molecular formula is C28H39F3N2O4. The summed E-state index contributed by atoms with van der Waals surface area (Å²) >= 11 is 0. The zero-order chi connectivity index (χ0) is 26.7. The van der Waals surface area contributed by atoms with E-state index in [1.807, 2.05) is 18.2 Å². The van der Waals surface area contributed by atoms with E-state index in [1.165, 1.54) is 30.9 Å². The summed E-state index contributed by atoms with van der Waals surface area (Å²) < 4.78 is 58.5. The molecule has 206 valence electrons. The van der Waals surface area contributed by atoms with Gasteiger partial charge in [0.2, 0.25) is 0 Å². The molecule has 6 nitrogen and oxygen atoms in total. The maximum atomic E-state index is 12.8. The van der Waals surface area contributed by atoms with Gasteiger partial charge < -0.3 is 24.3 Å². The van der Waals surface area contributed by atoms with Crippen LogP contribution in [0.15, 0.2) is 48.5 Å². The Morgan fingerprint density at radius 1 is 1.05 bits per heavy atom. The molecule has 1 aliphatic heterocycles. The van der Waals surface area contributed by atoms with Crippen molar-refractivity contribution >= 4 is 0 Å². The fourth-order valence-corrected chi connectivity index (χ4v) is 5.10. The molecule has 0 saturated carbocycles.